The van der Waals surface area contributed by atoms with Gasteiger partial charge in [0.2, 0.25) is 0 Å². The summed E-state index contributed by atoms with van der Waals surface area (Å²) in [5.74, 6) is -0.977. The molecule has 0 aromatic rings. The van der Waals surface area contributed by atoms with Gasteiger partial charge < -0.3 is 14.2 Å². The highest BCUT2D eigenvalue weighted by atomic mass is 16.6. The van der Waals surface area contributed by atoms with Crippen LogP contribution < -0.4 is 0 Å². The summed E-state index contributed by atoms with van der Waals surface area (Å²) in [5, 5.41) is 0. The van der Waals surface area contributed by atoms with Crippen molar-refractivity contribution in [3.63, 3.8) is 0 Å². The van der Waals surface area contributed by atoms with Crippen molar-refractivity contribution in [3.8, 4) is 0 Å². The fraction of sp³-hybridized carbons (Fsp3) is 0.609. The van der Waals surface area contributed by atoms with Crippen LogP contribution in [-0.2, 0) is 28.6 Å². The van der Waals surface area contributed by atoms with E-state index in [1.54, 1.807) is 0 Å². The number of hydrogen-bond acceptors (Lipinski definition) is 6. The zero-order valence-electron chi connectivity index (χ0n) is 45.0. The minimum atomic E-state index is -0.812. The molecule has 394 valence electrons. The first kappa shape index (κ1) is 65.5. The van der Waals surface area contributed by atoms with Crippen molar-refractivity contribution in [2.24, 2.45) is 0 Å². The maximum Gasteiger partial charge on any atom is 0.306 e. The maximum absolute atomic E-state index is 12.9. The molecule has 0 rings (SSSR count). The minimum Gasteiger partial charge on any atom is -0.462 e. The molecule has 6 heteroatoms. The van der Waals surface area contributed by atoms with Gasteiger partial charge in [-0.05, 0) is 96.3 Å². The molecule has 0 radical (unpaired) electrons. The molecule has 0 N–H and O–H groups in total. The molecule has 0 aromatic carbocycles. The molecule has 0 spiro atoms. The number of carbonyl (C=O) groups excluding carboxylic acids is 3. The van der Waals surface area contributed by atoms with E-state index in [9.17, 15) is 14.4 Å². The standard InChI is InChI=1S/C64H102O6/c1-4-7-10-13-16-19-22-25-28-30-32-34-36-39-42-45-48-51-54-57-63(66)69-60-61(59-68-62(65)56-53-50-47-44-41-38-27-24-21-18-15-12-9-6-3)70-64(67)58-55-52-49-46-43-40-37-35-33-31-29-26-23-20-17-14-11-8-5-2/h7-8,10-11,13,16-17,19-20,22,25-26,28-30,32,34,36,38-39,41-42,61H,4-6,9,12,14-15,18,21,23-24,27,31,33,35,37,40,43-60H2,1-3H3/b10-7-,11-8-,16-13-,20-17-,22-19-,28-25-,29-26-,32-30+,36-34-,41-38-,42-39-. The first-order valence-corrected chi connectivity index (χ1v) is 28.3. The summed E-state index contributed by atoms with van der Waals surface area (Å²) in [6.07, 6.45) is 80.0. The van der Waals surface area contributed by atoms with Crippen molar-refractivity contribution in [1.82, 2.24) is 0 Å². The molecule has 0 aliphatic carbocycles. The van der Waals surface area contributed by atoms with Gasteiger partial charge in [-0.2, -0.15) is 0 Å². The molecule has 1 unspecified atom stereocenters. The van der Waals surface area contributed by atoms with Crippen LogP contribution in [0.15, 0.2) is 134 Å². The summed E-state index contributed by atoms with van der Waals surface area (Å²) >= 11 is 0. The zero-order chi connectivity index (χ0) is 50.7. The van der Waals surface area contributed by atoms with Crippen molar-refractivity contribution in [2.45, 2.75) is 239 Å². The van der Waals surface area contributed by atoms with E-state index in [-0.39, 0.29) is 31.1 Å². The Bertz CT molecular complexity index is 1530. The Labute approximate surface area is 430 Å². The molecule has 0 bridgehead atoms. The lowest BCUT2D eigenvalue weighted by atomic mass is 10.1. The first-order chi connectivity index (χ1) is 34.5. The largest absolute Gasteiger partial charge is 0.462 e. The lowest BCUT2D eigenvalue weighted by Gasteiger charge is -2.18. The van der Waals surface area contributed by atoms with Crippen LogP contribution in [0, 0.1) is 0 Å². The average Bonchev–Trinajstić information content (AvgIpc) is 3.36. The second-order valence-corrected chi connectivity index (χ2v) is 18.3. The summed E-state index contributed by atoms with van der Waals surface area (Å²) in [7, 11) is 0. The smallest absolute Gasteiger partial charge is 0.306 e. The van der Waals surface area contributed by atoms with Crippen LogP contribution in [0.5, 0.6) is 0 Å². The predicted molar refractivity (Wildman–Crippen MR) is 302 cm³/mol. The molecule has 0 saturated heterocycles. The second kappa shape index (κ2) is 57.1. The Morgan fingerprint density at radius 3 is 1.07 bits per heavy atom. The van der Waals surface area contributed by atoms with E-state index in [0.29, 0.717) is 19.3 Å². The monoisotopic (exact) mass is 967 g/mol. The second-order valence-electron chi connectivity index (χ2n) is 18.3. The van der Waals surface area contributed by atoms with Crippen LogP contribution in [-0.4, -0.2) is 37.2 Å². The molecular weight excluding hydrogens is 865 g/mol. The van der Waals surface area contributed by atoms with Gasteiger partial charge in [-0.15, -0.1) is 0 Å². The number of unbranched alkanes of at least 4 members (excludes halogenated alkanes) is 22. The summed E-state index contributed by atoms with van der Waals surface area (Å²) in [4.78, 5) is 38.2. The summed E-state index contributed by atoms with van der Waals surface area (Å²) in [5.41, 5.74) is 0. The van der Waals surface area contributed by atoms with E-state index in [0.717, 1.165) is 109 Å². The van der Waals surface area contributed by atoms with E-state index in [4.69, 9.17) is 14.2 Å². The number of esters is 3. The lowest BCUT2D eigenvalue weighted by Crippen LogP contribution is -2.30. The van der Waals surface area contributed by atoms with Crippen LogP contribution in [0.25, 0.3) is 0 Å². The molecule has 0 amide bonds. The van der Waals surface area contributed by atoms with Gasteiger partial charge in [0, 0.05) is 19.3 Å². The van der Waals surface area contributed by atoms with Crippen LogP contribution in [0.3, 0.4) is 0 Å². The van der Waals surface area contributed by atoms with Gasteiger partial charge in [0.05, 0.1) is 0 Å². The van der Waals surface area contributed by atoms with E-state index < -0.39 is 6.10 Å². The average molecular weight is 968 g/mol. The van der Waals surface area contributed by atoms with Crippen LogP contribution in [0.4, 0.5) is 0 Å². The molecule has 0 fully saturated rings. The third-order valence-corrected chi connectivity index (χ3v) is 11.6. The predicted octanol–water partition coefficient (Wildman–Crippen LogP) is 19.0. The topological polar surface area (TPSA) is 78.9 Å². The highest BCUT2D eigenvalue weighted by Gasteiger charge is 2.19. The minimum absolute atomic E-state index is 0.107. The first-order valence-electron chi connectivity index (χ1n) is 28.3. The maximum atomic E-state index is 12.9. The van der Waals surface area contributed by atoms with Gasteiger partial charge >= 0.3 is 17.9 Å². The van der Waals surface area contributed by atoms with E-state index in [1.165, 1.54) is 83.5 Å². The molecule has 0 aliphatic heterocycles. The molecule has 0 aromatic heterocycles. The fourth-order valence-corrected chi connectivity index (χ4v) is 7.38. The number of ether oxygens (including phenoxy) is 3. The van der Waals surface area contributed by atoms with Gasteiger partial charge in [0.15, 0.2) is 6.10 Å². The summed E-state index contributed by atoms with van der Waals surface area (Å²) in [6, 6.07) is 0. The Morgan fingerprint density at radius 1 is 0.314 bits per heavy atom. The number of carbonyl (C=O) groups is 3. The third-order valence-electron chi connectivity index (χ3n) is 11.6. The lowest BCUT2D eigenvalue weighted by molar-refractivity contribution is -0.167. The fourth-order valence-electron chi connectivity index (χ4n) is 7.38. The normalized spacial score (nSPS) is 13.1. The molecule has 0 heterocycles. The molecule has 1 atom stereocenters. The Hall–Kier alpha value is -4.45. The number of allylic oxidation sites excluding steroid dienone is 22. The van der Waals surface area contributed by atoms with Crippen LogP contribution in [0.2, 0.25) is 0 Å². The van der Waals surface area contributed by atoms with Crippen LogP contribution in [0.1, 0.15) is 233 Å². The SMILES string of the molecule is CC\C=C/C=C\C=C/C=C\C=C\C=C/C=C\CCCCCC(=O)OCC(COC(=O)CCCCC/C=C\CCCCCCCCC)OC(=O)CCCCCCCCCCC/C=C\C/C=C\C/C=C\CC. The molecule has 6 nitrogen and oxygen atoms in total. The molecule has 0 saturated carbocycles. The number of hydrogen-bond donors (Lipinski definition) is 0. The molecule has 0 aliphatic rings. The van der Waals surface area contributed by atoms with E-state index in [2.05, 4.69) is 81.5 Å². The van der Waals surface area contributed by atoms with E-state index in [1.807, 2.05) is 72.9 Å². The zero-order valence-corrected chi connectivity index (χ0v) is 45.0. The molecular formula is C64H102O6. The summed E-state index contributed by atoms with van der Waals surface area (Å²) in [6.45, 7) is 6.32. The Balaban J connectivity index is 4.53. The van der Waals surface area contributed by atoms with Gasteiger partial charge in [0.1, 0.15) is 13.2 Å². The van der Waals surface area contributed by atoms with Gasteiger partial charge in [-0.3, -0.25) is 14.4 Å². The van der Waals surface area contributed by atoms with Crippen molar-refractivity contribution >= 4 is 17.9 Å². The van der Waals surface area contributed by atoms with Gasteiger partial charge in [-0.1, -0.05) is 251 Å². The third kappa shape index (κ3) is 54.5. The highest BCUT2D eigenvalue weighted by molar-refractivity contribution is 5.71. The van der Waals surface area contributed by atoms with Crippen molar-refractivity contribution in [3.05, 3.63) is 134 Å². The van der Waals surface area contributed by atoms with Crippen molar-refractivity contribution in [2.75, 3.05) is 13.2 Å². The molecule has 70 heavy (non-hydrogen) atoms. The van der Waals surface area contributed by atoms with Crippen molar-refractivity contribution in [1.29, 1.82) is 0 Å². The van der Waals surface area contributed by atoms with Gasteiger partial charge in [-0.25, -0.2) is 0 Å². The Morgan fingerprint density at radius 2 is 0.629 bits per heavy atom. The van der Waals surface area contributed by atoms with Crippen LogP contribution >= 0.6 is 0 Å². The highest BCUT2D eigenvalue weighted by Crippen LogP contribution is 2.14. The quantitative estimate of drug-likeness (QED) is 0.0199. The van der Waals surface area contributed by atoms with E-state index >= 15 is 0 Å². The van der Waals surface area contributed by atoms with Crippen molar-refractivity contribution < 1.29 is 28.6 Å². The van der Waals surface area contributed by atoms with Gasteiger partial charge in [0.25, 0.3) is 0 Å². The Kier molecular flexibility index (Phi) is 53.5. The summed E-state index contributed by atoms with van der Waals surface area (Å²) < 4.78 is 16.8. The number of rotatable bonds is 49.